The standard InChI is InChI=1S/C16H13BrN2O/c17-14-8-11(10-18)3-6-16(14)20-13-5-4-12-2-1-7-19-15(12)9-13/h1-9H,10,18H2. The van der Waals surface area contributed by atoms with Crippen LogP contribution in [0.1, 0.15) is 5.56 Å². The number of nitrogens with zero attached hydrogens (tertiary/aromatic N) is 1. The molecule has 0 spiro atoms. The SMILES string of the molecule is NCc1ccc(Oc2ccc3cccnc3c2)c(Br)c1. The maximum atomic E-state index is 5.89. The van der Waals surface area contributed by atoms with Crippen molar-refractivity contribution in [3.05, 3.63) is 64.8 Å². The van der Waals surface area contributed by atoms with E-state index in [4.69, 9.17) is 10.5 Å². The Balaban J connectivity index is 1.92. The predicted molar refractivity (Wildman–Crippen MR) is 83.9 cm³/mol. The first-order chi connectivity index (χ1) is 9.76. The Morgan fingerprint density at radius 3 is 2.80 bits per heavy atom. The van der Waals surface area contributed by atoms with E-state index in [2.05, 4.69) is 20.9 Å². The molecule has 3 rings (SSSR count). The zero-order valence-electron chi connectivity index (χ0n) is 10.7. The summed E-state index contributed by atoms with van der Waals surface area (Å²) in [5.74, 6) is 1.52. The molecule has 2 aromatic carbocycles. The molecule has 0 amide bonds. The van der Waals surface area contributed by atoms with E-state index in [1.807, 2.05) is 48.5 Å². The number of rotatable bonds is 3. The first-order valence-corrected chi connectivity index (χ1v) is 7.07. The van der Waals surface area contributed by atoms with Gasteiger partial charge in [-0.3, -0.25) is 4.98 Å². The fourth-order valence-electron chi connectivity index (χ4n) is 1.99. The number of aromatic nitrogens is 1. The van der Waals surface area contributed by atoms with Gasteiger partial charge in [-0.15, -0.1) is 0 Å². The minimum absolute atomic E-state index is 0.513. The Labute approximate surface area is 125 Å². The van der Waals surface area contributed by atoms with Crippen molar-refractivity contribution in [1.29, 1.82) is 0 Å². The normalized spacial score (nSPS) is 10.7. The van der Waals surface area contributed by atoms with Gasteiger partial charge in [-0.05, 0) is 51.8 Å². The van der Waals surface area contributed by atoms with Crippen molar-refractivity contribution >= 4 is 26.8 Å². The number of fused-ring (bicyclic) bond motifs is 1. The van der Waals surface area contributed by atoms with Gasteiger partial charge in [-0.1, -0.05) is 12.1 Å². The van der Waals surface area contributed by atoms with Crippen LogP contribution in [0.25, 0.3) is 10.9 Å². The zero-order chi connectivity index (χ0) is 13.9. The maximum Gasteiger partial charge on any atom is 0.141 e. The number of pyridine rings is 1. The largest absolute Gasteiger partial charge is 0.456 e. The molecule has 0 fully saturated rings. The van der Waals surface area contributed by atoms with Crippen molar-refractivity contribution in [2.24, 2.45) is 5.73 Å². The van der Waals surface area contributed by atoms with Crippen molar-refractivity contribution in [1.82, 2.24) is 4.98 Å². The molecule has 3 nitrogen and oxygen atoms in total. The minimum atomic E-state index is 0.513. The van der Waals surface area contributed by atoms with Crippen LogP contribution in [0.3, 0.4) is 0 Å². The van der Waals surface area contributed by atoms with Crippen molar-refractivity contribution in [2.45, 2.75) is 6.54 Å². The molecule has 0 saturated carbocycles. The van der Waals surface area contributed by atoms with Crippen LogP contribution in [-0.2, 0) is 6.54 Å². The van der Waals surface area contributed by atoms with Gasteiger partial charge in [0.05, 0.1) is 9.99 Å². The van der Waals surface area contributed by atoms with Gasteiger partial charge in [-0.2, -0.15) is 0 Å². The number of nitrogens with two attached hydrogens (primary N) is 1. The summed E-state index contributed by atoms with van der Waals surface area (Å²) in [6.45, 7) is 0.513. The number of benzene rings is 2. The van der Waals surface area contributed by atoms with Gasteiger partial charge >= 0.3 is 0 Å². The summed E-state index contributed by atoms with van der Waals surface area (Å²) < 4.78 is 6.78. The van der Waals surface area contributed by atoms with E-state index in [0.29, 0.717) is 6.54 Å². The molecule has 100 valence electrons. The summed E-state index contributed by atoms with van der Waals surface area (Å²) in [6.07, 6.45) is 1.78. The van der Waals surface area contributed by atoms with Crippen molar-refractivity contribution in [3.8, 4) is 11.5 Å². The Morgan fingerprint density at radius 1 is 1.10 bits per heavy atom. The molecule has 1 heterocycles. The van der Waals surface area contributed by atoms with Crippen molar-refractivity contribution in [3.63, 3.8) is 0 Å². The van der Waals surface area contributed by atoms with E-state index in [0.717, 1.165) is 32.4 Å². The van der Waals surface area contributed by atoms with E-state index >= 15 is 0 Å². The van der Waals surface area contributed by atoms with Crippen LogP contribution in [0.15, 0.2) is 59.2 Å². The minimum Gasteiger partial charge on any atom is -0.456 e. The highest BCUT2D eigenvalue weighted by atomic mass is 79.9. The first kappa shape index (κ1) is 13.1. The van der Waals surface area contributed by atoms with Crippen LogP contribution in [-0.4, -0.2) is 4.98 Å². The van der Waals surface area contributed by atoms with Gasteiger partial charge in [-0.25, -0.2) is 0 Å². The lowest BCUT2D eigenvalue weighted by atomic mass is 10.2. The van der Waals surface area contributed by atoms with Gasteiger partial charge in [0.2, 0.25) is 0 Å². The molecule has 4 heteroatoms. The summed E-state index contributed by atoms with van der Waals surface area (Å²) in [4.78, 5) is 4.33. The molecule has 0 bridgehead atoms. The first-order valence-electron chi connectivity index (χ1n) is 6.27. The number of halogens is 1. The summed E-state index contributed by atoms with van der Waals surface area (Å²) in [5.41, 5.74) is 7.59. The van der Waals surface area contributed by atoms with Crippen LogP contribution < -0.4 is 10.5 Å². The molecular weight excluding hydrogens is 316 g/mol. The number of ether oxygens (including phenoxy) is 1. The zero-order valence-corrected chi connectivity index (χ0v) is 12.3. The van der Waals surface area contributed by atoms with Crippen LogP contribution in [0.5, 0.6) is 11.5 Å². The topological polar surface area (TPSA) is 48.1 Å². The van der Waals surface area contributed by atoms with Crippen molar-refractivity contribution in [2.75, 3.05) is 0 Å². The van der Waals surface area contributed by atoms with Gasteiger partial charge < -0.3 is 10.5 Å². The van der Waals surface area contributed by atoms with Gasteiger partial charge in [0.25, 0.3) is 0 Å². The van der Waals surface area contributed by atoms with Crippen LogP contribution in [0.4, 0.5) is 0 Å². The fourth-order valence-corrected chi connectivity index (χ4v) is 2.50. The van der Waals surface area contributed by atoms with E-state index < -0.39 is 0 Å². The van der Waals surface area contributed by atoms with Crippen LogP contribution >= 0.6 is 15.9 Å². The molecule has 2 N–H and O–H groups in total. The molecule has 0 aliphatic rings. The lowest BCUT2D eigenvalue weighted by molar-refractivity contribution is 0.480. The summed E-state index contributed by atoms with van der Waals surface area (Å²) >= 11 is 3.50. The molecule has 0 atom stereocenters. The summed E-state index contributed by atoms with van der Waals surface area (Å²) in [5, 5.41) is 1.09. The van der Waals surface area contributed by atoms with E-state index in [9.17, 15) is 0 Å². The monoisotopic (exact) mass is 328 g/mol. The van der Waals surface area contributed by atoms with Gasteiger partial charge in [0.15, 0.2) is 0 Å². The second kappa shape index (κ2) is 5.61. The molecule has 0 radical (unpaired) electrons. The third-order valence-corrected chi connectivity index (χ3v) is 3.66. The number of hydrogen-bond acceptors (Lipinski definition) is 3. The lowest BCUT2D eigenvalue weighted by Crippen LogP contribution is -1.96. The predicted octanol–water partition coefficient (Wildman–Crippen LogP) is 4.25. The van der Waals surface area contributed by atoms with Gasteiger partial charge in [0, 0.05) is 24.2 Å². The molecule has 20 heavy (non-hydrogen) atoms. The van der Waals surface area contributed by atoms with Crippen molar-refractivity contribution < 1.29 is 4.74 Å². The average molecular weight is 329 g/mol. The second-order valence-electron chi connectivity index (χ2n) is 4.43. The van der Waals surface area contributed by atoms with Gasteiger partial charge in [0.1, 0.15) is 11.5 Å². The Kier molecular flexibility index (Phi) is 3.67. The molecule has 0 aliphatic carbocycles. The molecule has 0 unspecified atom stereocenters. The summed E-state index contributed by atoms with van der Waals surface area (Å²) in [7, 11) is 0. The quantitative estimate of drug-likeness (QED) is 0.781. The Bertz CT molecular complexity index is 758. The molecule has 1 aromatic heterocycles. The highest BCUT2D eigenvalue weighted by Gasteiger charge is 2.05. The highest BCUT2D eigenvalue weighted by molar-refractivity contribution is 9.10. The average Bonchev–Trinajstić information content (AvgIpc) is 2.49. The Hall–Kier alpha value is -1.91. The molecular formula is C16H13BrN2O. The molecule has 0 saturated heterocycles. The number of hydrogen-bond donors (Lipinski definition) is 1. The summed E-state index contributed by atoms with van der Waals surface area (Å²) in [6, 6.07) is 15.7. The third kappa shape index (κ3) is 2.66. The smallest absolute Gasteiger partial charge is 0.141 e. The molecule has 3 aromatic rings. The molecule has 0 aliphatic heterocycles. The highest BCUT2D eigenvalue weighted by Crippen LogP contribution is 2.31. The Morgan fingerprint density at radius 2 is 2.00 bits per heavy atom. The fraction of sp³-hybridized carbons (Fsp3) is 0.0625. The van der Waals surface area contributed by atoms with Crippen LogP contribution in [0, 0.1) is 0 Å². The third-order valence-electron chi connectivity index (χ3n) is 3.04. The second-order valence-corrected chi connectivity index (χ2v) is 5.28. The maximum absolute atomic E-state index is 5.89. The lowest BCUT2D eigenvalue weighted by Gasteiger charge is -2.09. The van der Waals surface area contributed by atoms with E-state index in [1.54, 1.807) is 6.20 Å². The van der Waals surface area contributed by atoms with E-state index in [1.165, 1.54) is 0 Å². The van der Waals surface area contributed by atoms with Crippen LogP contribution in [0.2, 0.25) is 0 Å². The van der Waals surface area contributed by atoms with E-state index in [-0.39, 0.29) is 0 Å².